The molecular formula is C127H219N3O8. The fraction of sp³-hybridized carbons (Fsp3) is 0.717. The van der Waals surface area contributed by atoms with Crippen molar-refractivity contribution in [3.05, 3.63) is 194 Å². The van der Waals surface area contributed by atoms with Gasteiger partial charge in [0.15, 0.2) is 0 Å². The van der Waals surface area contributed by atoms with Crippen LogP contribution in [0.3, 0.4) is 0 Å². The molecule has 0 aromatic carbocycles. The zero-order chi connectivity index (χ0) is 100.0. The van der Waals surface area contributed by atoms with Gasteiger partial charge in [-0.3, -0.25) is 29.0 Å². The second-order valence-electron chi connectivity index (χ2n) is 39.0. The molecule has 0 aromatic rings. The van der Waals surface area contributed by atoms with E-state index < -0.39 is 0 Å². The van der Waals surface area contributed by atoms with Crippen molar-refractivity contribution in [1.29, 1.82) is 0 Å². The Morgan fingerprint density at radius 1 is 0.174 bits per heavy atom. The van der Waals surface area contributed by atoms with E-state index in [-0.39, 0.29) is 74.0 Å². The van der Waals surface area contributed by atoms with E-state index in [1.165, 1.54) is 103 Å². The van der Waals surface area contributed by atoms with E-state index >= 15 is 0 Å². The number of unbranched alkanes of at least 4 members (excludes halogenated alkanes) is 32. The second kappa shape index (κ2) is 111. The summed E-state index contributed by atoms with van der Waals surface area (Å²) >= 11 is 0. The second-order valence-corrected chi connectivity index (χ2v) is 39.0. The molecule has 0 rings (SSSR count). The molecule has 0 unspecified atom stereocenters. The van der Waals surface area contributed by atoms with Gasteiger partial charge in [0.05, 0.1) is 23.7 Å². The van der Waals surface area contributed by atoms with Crippen LogP contribution in [0.4, 0.5) is 0 Å². The quantitative estimate of drug-likeness (QED) is 0.0251. The molecule has 0 spiro atoms. The van der Waals surface area contributed by atoms with Crippen LogP contribution in [0, 0.1) is 23.7 Å². The first-order valence-electron chi connectivity index (χ1n) is 58.2. The number of nitrogens with zero attached hydrogens (tertiary/aromatic N) is 3. The van der Waals surface area contributed by atoms with Crippen molar-refractivity contribution >= 4 is 23.9 Å². The van der Waals surface area contributed by atoms with E-state index in [0.717, 1.165) is 347 Å². The minimum atomic E-state index is -0.142. The first kappa shape index (κ1) is 132. The number of rotatable bonds is 104. The van der Waals surface area contributed by atoms with Gasteiger partial charge in [-0.05, 0) is 303 Å². The Labute approximate surface area is 854 Å². The summed E-state index contributed by atoms with van der Waals surface area (Å²) in [5.74, 6) is -0.891. The van der Waals surface area contributed by atoms with Crippen molar-refractivity contribution in [3.8, 4) is 0 Å². The maximum atomic E-state index is 14.4. The van der Waals surface area contributed by atoms with Gasteiger partial charge in [-0.25, -0.2) is 0 Å². The van der Waals surface area contributed by atoms with Crippen molar-refractivity contribution < 1.29 is 38.1 Å². The third kappa shape index (κ3) is 95.8. The summed E-state index contributed by atoms with van der Waals surface area (Å²) in [6, 6.07) is 0. The highest BCUT2D eigenvalue weighted by Gasteiger charge is 2.25. The van der Waals surface area contributed by atoms with Gasteiger partial charge in [0.1, 0.15) is 26.4 Å². The van der Waals surface area contributed by atoms with Crippen molar-refractivity contribution in [2.24, 2.45) is 23.7 Å². The van der Waals surface area contributed by atoms with E-state index in [0.29, 0.717) is 26.2 Å². The fourth-order valence-electron chi connectivity index (χ4n) is 16.9. The molecule has 0 bridgehead atoms. The van der Waals surface area contributed by atoms with Gasteiger partial charge in [0, 0.05) is 26.2 Å². The van der Waals surface area contributed by atoms with Gasteiger partial charge in [-0.15, -0.1) is 0 Å². The van der Waals surface area contributed by atoms with Crippen LogP contribution >= 0.6 is 0 Å². The molecule has 790 valence electrons. The van der Waals surface area contributed by atoms with Gasteiger partial charge in [-0.1, -0.05) is 404 Å². The summed E-state index contributed by atoms with van der Waals surface area (Å²) in [6.45, 7) is 24.5. The zero-order valence-corrected chi connectivity index (χ0v) is 91.5. The van der Waals surface area contributed by atoms with Crippen LogP contribution in [-0.2, 0) is 38.1 Å². The third-order valence-corrected chi connectivity index (χ3v) is 26.0. The number of hydrogen-bond donors (Lipinski definition) is 0. The fourth-order valence-corrected chi connectivity index (χ4v) is 16.9. The van der Waals surface area contributed by atoms with Crippen LogP contribution in [0.15, 0.2) is 194 Å². The Morgan fingerprint density at radius 2 is 0.312 bits per heavy atom. The molecule has 11 nitrogen and oxygen atoms in total. The average Bonchev–Trinajstić information content (AvgIpc) is 0.931. The maximum absolute atomic E-state index is 14.4. The molecule has 11 heteroatoms. The van der Waals surface area contributed by atoms with Crippen LogP contribution in [0.25, 0.3) is 0 Å². The Bertz CT molecular complexity index is 2620. The maximum Gasteiger partial charge on any atom is 0.308 e. The van der Waals surface area contributed by atoms with Crippen molar-refractivity contribution in [3.63, 3.8) is 0 Å². The van der Waals surface area contributed by atoms with Gasteiger partial charge >= 0.3 is 23.9 Å². The lowest BCUT2D eigenvalue weighted by atomic mass is 9.95. The molecule has 0 saturated carbocycles. The number of carbonyl (C=O) groups excluding carboxylic acids is 4. The Morgan fingerprint density at radius 3 is 0.449 bits per heavy atom. The minimum absolute atomic E-state index is 0.0806. The highest BCUT2D eigenvalue weighted by Crippen LogP contribution is 2.26. The molecule has 0 aromatic heterocycles. The molecule has 0 atom stereocenters. The van der Waals surface area contributed by atoms with Crippen LogP contribution in [0.5, 0.6) is 0 Å². The molecular weight excluding hydrogens is 1700 g/mol. The average molecular weight is 1920 g/mol. The van der Waals surface area contributed by atoms with Crippen LogP contribution in [0.1, 0.15) is 479 Å². The standard InChI is InChI=1S/C127H219N3O8/c1-10-18-26-34-42-50-58-66-74-82-90-100-120(101-91-83-75-67-59-51-43-35-27-19-11-2)124(131)135-116-112-129(113-117-136-125(132)121(102-92-84-76-68-60-52-44-36-28-20-12-3)103-93-85-77-69-61-53-45-37-29-21-13-4)110-98-108-128(9)109-99-111-130(114-118-137-126(133)122(104-94-86-78-70-62-54-46-38-30-22-14-5)105-95-87-79-71-63-55-47-39-31-23-15-6)115-119-138-127(134)123(106-96-88-80-72-64-56-48-40-32-24-16-7)107-97-89-81-73-65-57-49-41-33-25-17-8/h34-49,58-73,120-123H,10-33,50-57,74-119H2,1-9H3/b42-34+,43-35+,44-36+,45-37+,46-38+,47-39+,48-40+,49-41+,66-58+,67-59+,68-60+,69-61+,70-62+,71-63+,72-64+,73-65+. The van der Waals surface area contributed by atoms with Crippen molar-refractivity contribution in [1.82, 2.24) is 14.7 Å². The SMILES string of the molecule is CCCC/C=C/C/C=C/CCCCC(CCCC/C=C/C/C=C/CCCC)C(=O)OCCN(CCCN(C)CCCN(CCOC(=O)C(CCCC/C=C/C/C=C/CCCC)CCCC/C=C/C/C=C/CCCC)CCOC(=O)C(CCCC/C=C/C/C=C/CCCC)CCCC/C=C/C/C=C/CCCC)CCOC(=O)C(CCCC/C=C/C/C=C/CCCC)CCCC/C=C/C/C=C/CCCC. The first-order valence-corrected chi connectivity index (χ1v) is 58.2. The van der Waals surface area contributed by atoms with Gasteiger partial charge < -0.3 is 23.8 Å². The molecule has 0 aliphatic carbocycles. The summed E-state index contributed by atoms with van der Waals surface area (Å²) in [4.78, 5) is 64.8. The van der Waals surface area contributed by atoms with Crippen molar-refractivity contribution in [2.75, 3.05) is 85.8 Å². The Kier molecular flexibility index (Phi) is 106. The van der Waals surface area contributed by atoms with Crippen molar-refractivity contribution in [2.45, 2.75) is 479 Å². The summed E-state index contributed by atoms with van der Waals surface area (Å²) in [5.41, 5.74) is 0. The summed E-state index contributed by atoms with van der Waals surface area (Å²) in [7, 11) is 2.21. The molecule has 0 radical (unpaired) electrons. The molecule has 0 heterocycles. The highest BCUT2D eigenvalue weighted by molar-refractivity contribution is 5.73. The van der Waals surface area contributed by atoms with Crippen LogP contribution in [0.2, 0.25) is 0 Å². The van der Waals surface area contributed by atoms with E-state index in [2.05, 4.69) is 272 Å². The molecule has 0 aliphatic rings. The number of carbonyl (C=O) groups is 4. The molecule has 138 heavy (non-hydrogen) atoms. The van der Waals surface area contributed by atoms with E-state index in [9.17, 15) is 19.2 Å². The van der Waals surface area contributed by atoms with E-state index in [1.54, 1.807) is 0 Å². The number of esters is 4. The topological polar surface area (TPSA) is 115 Å². The lowest BCUT2D eigenvalue weighted by molar-refractivity contribution is -0.151. The Hall–Kier alpha value is -6.40. The summed E-state index contributed by atoms with van der Waals surface area (Å²) in [6.07, 6.45) is 143. The minimum Gasteiger partial charge on any atom is -0.464 e. The molecule has 0 saturated heterocycles. The number of ether oxygens (including phenoxy) is 4. The summed E-state index contributed by atoms with van der Waals surface area (Å²) < 4.78 is 25.4. The summed E-state index contributed by atoms with van der Waals surface area (Å²) in [5, 5.41) is 0. The van der Waals surface area contributed by atoms with E-state index in [4.69, 9.17) is 18.9 Å². The monoisotopic (exact) mass is 1910 g/mol. The normalized spacial score (nSPS) is 12.9. The van der Waals surface area contributed by atoms with Gasteiger partial charge in [0.25, 0.3) is 0 Å². The largest absolute Gasteiger partial charge is 0.464 e. The number of hydrogen-bond acceptors (Lipinski definition) is 11. The number of allylic oxidation sites excluding steroid dienone is 32. The van der Waals surface area contributed by atoms with Crippen LogP contribution < -0.4 is 0 Å². The highest BCUT2D eigenvalue weighted by atomic mass is 16.5. The van der Waals surface area contributed by atoms with E-state index in [1.807, 2.05) is 0 Å². The first-order chi connectivity index (χ1) is 68.0. The smallest absolute Gasteiger partial charge is 0.308 e. The van der Waals surface area contributed by atoms with Crippen LogP contribution in [-0.4, -0.2) is 124 Å². The lowest BCUT2D eigenvalue weighted by Crippen LogP contribution is -2.36. The molecule has 0 amide bonds. The Balaban J connectivity index is 7.24. The molecule has 0 N–H and O–H groups in total. The predicted octanol–water partition coefficient (Wildman–Crippen LogP) is 37.0. The van der Waals surface area contributed by atoms with Gasteiger partial charge in [0.2, 0.25) is 0 Å². The third-order valence-electron chi connectivity index (χ3n) is 26.0. The lowest BCUT2D eigenvalue weighted by Gasteiger charge is -2.26. The molecule has 0 aliphatic heterocycles. The predicted molar refractivity (Wildman–Crippen MR) is 605 cm³/mol. The zero-order valence-electron chi connectivity index (χ0n) is 91.5. The van der Waals surface area contributed by atoms with Gasteiger partial charge in [-0.2, -0.15) is 0 Å². The molecule has 0 fully saturated rings.